The predicted molar refractivity (Wildman–Crippen MR) is 90.4 cm³/mol. The van der Waals surface area contributed by atoms with Crippen LogP contribution in [0.5, 0.6) is 0 Å². The lowest BCUT2D eigenvalue weighted by atomic mass is 10.1. The van der Waals surface area contributed by atoms with E-state index >= 15 is 0 Å². The molecular weight excluding hydrogens is 324 g/mol. The second-order valence-electron chi connectivity index (χ2n) is 5.27. The monoisotopic (exact) mass is 340 g/mol. The highest BCUT2D eigenvalue weighted by Gasteiger charge is 2.10. The molecule has 0 radical (unpaired) electrons. The zero-order chi connectivity index (χ0) is 14.8. The van der Waals surface area contributed by atoms with Gasteiger partial charge in [-0.25, -0.2) is 4.98 Å². The summed E-state index contributed by atoms with van der Waals surface area (Å²) < 4.78 is 3.39. The maximum absolute atomic E-state index is 4.59. The molecule has 0 spiro atoms. The Morgan fingerprint density at radius 2 is 1.71 bits per heavy atom. The van der Waals surface area contributed by atoms with E-state index in [0.29, 0.717) is 0 Å². The molecule has 0 aliphatic rings. The van der Waals surface area contributed by atoms with Crippen molar-refractivity contribution in [3.63, 3.8) is 0 Å². The van der Waals surface area contributed by atoms with Gasteiger partial charge in [-0.05, 0) is 25.5 Å². The fraction of sp³-hybridized carbons (Fsp3) is 0.167. The van der Waals surface area contributed by atoms with E-state index in [1.165, 1.54) is 16.8 Å². The summed E-state index contributed by atoms with van der Waals surface area (Å²) in [4.78, 5) is 4.59. The Balaban J connectivity index is 2.01. The smallest absolute Gasteiger partial charge is 0.140 e. The number of aromatic nitrogens is 2. The molecule has 0 fully saturated rings. The van der Waals surface area contributed by atoms with Gasteiger partial charge in [0, 0.05) is 21.9 Å². The van der Waals surface area contributed by atoms with Crippen molar-refractivity contribution in [2.75, 3.05) is 0 Å². The third-order valence-electron chi connectivity index (χ3n) is 3.65. The van der Waals surface area contributed by atoms with Crippen LogP contribution in [0.4, 0.5) is 0 Å². The molecule has 0 N–H and O–H groups in total. The first-order valence-corrected chi connectivity index (χ1v) is 7.77. The van der Waals surface area contributed by atoms with Crippen LogP contribution >= 0.6 is 15.9 Å². The van der Waals surface area contributed by atoms with Gasteiger partial charge < -0.3 is 4.57 Å². The number of imidazole rings is 1. The molecule has 1 heterocycles. The zero-order valence-corrected chi connectivity index (χ0v) is 13.8. The van der Waals surface area contributed by atoms with Crippen LogP contribution in [0.25, 0.3) is 11.4 Å². The van der Waals surface area contributed by atoms with E-state index in [0.717, 1.165) is 22.4 Å². The summed E-state index contributed by atoms with van der Waals surface area (Å²) in [6.07, 6.45) is 1.94. The fourth-order valence-corrected chi connectivity index (χ4v) is 2.80. The molecule has 0 saturated heterocycles. The molecule has 0 bridgehead atoms. The van der Waals surface area contributed by atoms with Crippen LogP contribution < -0.4 is 0 Å². The van der Waals surface area contributed by atoms with Gasteiger partial charge in [0.1, 0.15) is 5.82 Å². The largest absolute Gasteiger partial charge is 0.324 e. The zero-order valence-electron chi connectivity index (χ0n) is 12.2. The van der Waals surface area contributed by atoms with E-state index in [1.807, 2.05) is 12.3 Å². The van der Waals surface area contributed by atoms with Gasteiger partial charge in [0.25, 0.3) is 0 Å². The van der Waals surface area contributed by atoms with Gasteiger partial charge in [0.2, 0.25) is 0 Å². The van der Waals surface area contributed by atoms with Crippen molar-refractivity contribution in [2.24, 2.45) is 0 Å². The number of hydrogen-bond acceptors (Lipinski definition) is 1. The number of benzene rings is 2. The van der Waals surface area contributed by atoms with Crippen LogP contribution in [0.2, 0.25) is 0 Å². The SMILES string of the molecule is Cc1ccc(-c2ncc(C)n2Cc2ccccc2Br)cc1. The Kier molecular flexibility index (Phi) is 3.93. The van der Waals surface area contributed by atoms with Gasteiger partial charge in [-0.15, -0.1) is 0 Å². The maximum Gasteiger partial charge on any atom is 0.140 e. The molecule has 3 heteroatoms. The molecule has 106 valence electrons. The van der Waals surface area contributed by atoms with Crippen molar-refractivity contribution in [3.8, 4) is 11.4 Å². The number of nitrogens with zero attached hydrogens (tertiary/aromatic N) is 2. The van der Waals surface area contributed by atoms with Crippen LogP contribution in [0.3, 0.4) is 0 Å². The quantitative estimate of drug-likeness (QED) is 0.657. The van der Waals surface area contributed by atoms with Gasteiger partial charge >= 0.3 is 0 Å². The average Bonchev–Trinajstić information content (AvgIpc) is 2.84. The second kappa shape index (κ2) is 5.86. The number of hydrogen-bond donors (Lipinski definition) is 0. The van der Waals surface area contributed by atoms with Crippen LogP contribution in [-0.2, 0) is 6.54 Å². The van der Waals surface area contributed by atoms with Gasteiger partial charge in [-0.2, -0.15) is 0 Å². The standard InChI is InChI=1S/C18H17BrN2/c1-13-7-9-15(10-8-13)18-20-11-14(2)21(18)12-16-5-3-4-6-17(16)19/h3-11H,12H2,1-2H3. The van der Waals surface area contributed by atoms with E-state index in [-0.39, 0.29) is 0 Å². The Morgan fingerprint density at radius 1 is 1.00 bits per heavy atom. The van der Waals surface area contributed by atoms with Gasteiger partial charge in [-0.1, -0.05) is 64.0 Å². The van der Waals surface area contributed by atoms with Crippen molar-refractivity contribution in [3.05, 3.63) is 76.0 Å². The molecule has 1 aromatic heterocycles. The normalized spacial score (nSPS) is 10.8. The molecular formula is C18H17BrN2. The highest BCUT2D eigenvalue weighted by Crippen LogP contribution is 2.24. The van der Waals surface area contributed by atoms with Crippen molar-refractivity contribution in [2.45, 2.75) is 20.4 Å². The Labute approximate surface area is 133 Å². The Morgan fingerprint density at radius 3 is 2.43 bits per heavy atom. The molecule has 3 rings (SSSR count). The summed E-state index contributed by atoms with van der Waals surface area (Å²) in [5.41, 5.74) is 4.84. The van der Waals surface area contributed by atoms with Crippen molar-refractivity contribution < 1.29 is 0 Å². The highest BCUT2D eigenvalue weighted by molar-refractivity contribution is 9.10. The maximum atomic E-state index is 4.59. The van der Waals surface area contributed by atoms with Crippen LogP contribution in [-0.4, -0.2) is 9.55 Å². The molecule has 0 amide bonds. The topological polar surface area (TPSA) is 17.8 Å². The summed E-state index contributed by atoms with van der Waals surface area (Å²) in [5, 5.41) is 0. The van der Waals surface area contributed by atoms with Crippen LogP contribution in [0, 0.1) is 13.8 Å². The van der Waals surface area contributed by atoms with Crippen molar-refractivity contribution in [1.82, 2.24) is 9.55 Å². The third kappa shape index (κ3) is 2.93. The second-order valence-corrected chi connectivity index (χ2v) is 6.12. The molecule has 2 nitrogen and oxygen atoms in total. The van der Waals surface area contributed by atoms with Crippen molar-refractivity contribution in [1.29, 1.82) is 0 Å². The highest BCUT2D eigenvalue weighted by atomic mass is 79.9. The lowest BCUT2D eigenvalue weighted by Crippen LogP contribution is -2.04. The molecule has 2 aromatic carbocycles. The van der Waals surface area contributed by atoms with E-state index in [2.05, 4.69) is 81.8 Å². The number of rotatable bonds is 3. The summed E-state index contributed by atoms with van der Waals surface area (Å²) in [6.45, 7) is 5.01. The minimum Gasteiger partial charge on any atom is -0.324 e. The summed E-state index contributed by atoms with van der Waals surface area (Å²) in [7, 11) is 0. The van der Waals surface area contributed by atoms with E-state index < -0.39 is 0 Å². The third-order valence-corrected chi connectivity index (χ3v) is 4.42. The van der Waals surface area contributed by atoms with Crippen molar-refractivity contribution >= 4 is 15.9 Å². The van der Waals surface area contributed by atoms with Crippen LogP contribution in [0.1, 0.15) is 16.8 Å². The first kappa shape index (κ1) is 14.1. The van der Waals surface area contributed by atoms with E-state index in [4.69, 9.17) is 0 Å². The first-order valence-electron chi connectivity index (χ1n) is 6.98. The van der Waals surface area contributed by atoms with E-state index in [1.54, 1.807) is 0 Å². The minimum absolute atomic E-state index is 0.816. The van der Waals surface area contributed by atoms with Crippen LogP contribution in [0.15, 0.2) is 59.2 Å². The first-order chi connectivity index (χ1) is 10.1. The molecule has 0 atom stereocenters. The van der Waals surface area contributed by atoms with Gasteiger partial charge in [0.15, 0.2) is 0 Å². The molecule has 21 heavy (non-hydrogen) atoms. The summed E-state index contributed by atoms with van der Waals surface area (Å²) >= 11 is 3.62. The predicted octanol–water partition coefficient (Wildman–Crippen LogP) is 4.98. The van der Waals surface area contributed by atoms with Gasteiger partial charge in [-0.3, -0.25) is 0 Å². The summed E-state index contributed by atoms with van der Waals surface area (Å²) in [5.74, 6) is 1.02. The lowest BCUT2D eigenvalue weighted by molar-refractivity contribution is 0.776. The molecule has 0 unspecified atom stereocenters. The van der Waals surface area contributed by atoms with E-state index in [9.17, 15) is 0 Å². The molecule has 0 aliphatic carbocycles. The van der Waals surface area contributed by atoms with Gasteiger partial charge in [0.05, 0.1) is 6.54 Å². The Hall–Kier alpha value is -1.87. The number of aryl methyl sites for hydroxylation is 2. The summed E-state index contributed by atoms with van der Waals surface area (Å²) in [6, 6.07) is 16.8. The lowest BCUT2D eigenvalue weighted by Gasteiger charge is -2.12. The molecule has 0 saturated carbocycles. The Bertz CT molecular complexity index is 757. The fourth-order valence-electron chi connectivity index (χ4n) is 2.39. The number of halogens is 1. The minimum atomic E-state index is 0.816. The average molecular weight is 341 g/mol. The molecule has 0 aliphatic heterocycles. The molecule has 3 aromatic rings.